The molecule has 14 heavy (non-hydrogen) atoms. The fraction of sp³-hybridized carbons (Fsp3) is 0.333. The highest BCUT2D eigenvalue weighted by atomic mass is 35.5. The number of hydrogen-bond donors (Lipinski definition) is 3. The summed E-state index contributed by atoms with van der Waals surface area (Å²) in [5.41, 5.74) is 11.7. The van der Waals surface area contributed by atoms with E-state index in [0.717, 1.165) is 0 Å². The molecule has 80 valence electrons. The van der Waals surface area contributed by atoms with E-state index in [-0.39, 0.29) is 24.2 Å². The van der Waals surface area contributed by atoms with Gasteiger partial charge in [0.25, 0.3) is 0 Å². The van der Waals surface area contributed by atoms with Crippen LogP contribution in [-0.4, -0.2) is 18.8 Å². The third-order valence-corrected chi connectivity index (χ3v) is 1.90. The van der Waals surface area contributed by atoms with E-state index >= 15 is 0 Å². The summed E-state index contributed by atoms with van der Waals surface area (Å²) in [5.74, 6) is 0.490. The van der Waals surface area contributed by atoms with E-state index in [1.807, 2.05) is 0 Å². The van der Waals surface area contributed by atoms with Crippen LogP contribution in [0.15, 0.2) is 18.2 Å². The highest BCUT2D eigenvalue weighted by molar-refractivity contribution is 5.85. The van der Waals surface area contributed by atoms with Gasteiger partial charge in [0.05, 0.1) is 7.11 Å². The number of ether oxygens (including phenoxy) is 1. The van der Waals surface area contributed by atoms with Gasteiger partial charge in [0, 0.05) is 18.2 Å². The summed E-state index contributed by atoms with van der Waals surface area (Å²) in [4.78, 5) is 0. The molecule has 1 aromatic rings. The normalized spacial score (nSPS) is 11.6. The Hall–Kier alpha value is -0.970. The van der Waals surface area contributed by atoms with Gasteiger partial charge in [-0.2, -0.15) is 0 Å². The number of nitrogens with two attached hydrogens (primary N) is 2. The summed E-state index contributed by atoms with van der Waals surface area (Å²) in [5, 5.41) is 9.63. The molecule has 0 amide bonds. The van der Waals surface area contributed by atoms with E-state index in [4.69, 9.17) is 16.2 Å². The fourth-order valence-electron chi connectivity index (χ4n) is 1.13. The van der Waals surface area contributed by atoms with Crippen LogP contribution in [0, 0.1) is 0 Å². The Morgan fingerprint density at radius 1 is 1.50 bits per heavy atom. The molecule has 0 aliphatic rings. The summed E-state index contributed by atoms with van der Waals surface area (Å²) >= 11 is 0. The molecule has 4 nitrogen and oxygen atoms in total. The van der Waals surface area contributed by atoms with Gasteiger partial charge >= 0.3 is 0 Å². The lowest BCUT2D eigenvalue weighted by molar-refractivity contribution is 0.368. The number of benzene rings is 1. The first-order chi connectivity index (χ1) is 6.20. The molecule has 0 saturated heterocycles. The van der Waals surface area contributed by atoms with Crippen molar-refractivity contribution in [2.24, 2.45) is 11.5 Å². The molecule has 0 radical (unpaired) electrons. The first-order valence-electron chi connectivity index (χ1n) is 4.02. The molecule has 0 aliphatic carbocycles. The van der Waals surface area contributed by atoms with Crippen LogP contribution in [0.4, 0.5) is 0 Å². The van der Waals surface area contributed by atoms with Gasteiger partial charge in [-0.05, 0) is 6.07 Å². The molecule has 5 N–H and O–H groups in total. The minimum absolute atomic E-state index is 0. The number of methoxy groups -OCH3 is 1. The van der Waals surface area contributed by atoms with E-state index in [9.17, 15) is 5.11 Å². The molecule has 1 aromatic carbocycles. The van der Waals surface area contributed by atoms with Gasteiger partial charge in [0.1, 0.15) is 0 Å². The summed E-state index contributed by atoms with van der Waals surface area (Å²) in [6.45, 7) is 0.292. The molecule has 1 rings (SSSR count). The minimum atomic E-state index is -0.352. The van der Waals surface area contributed by atoms with Crippen molar-refractivity contribution in [2.75, 3.05) is 13.7 Å². The van der Waals surface area contributed by atoms with Crippen LogP contribution >= 0.6 is 12.4 Å². The third kappa shape index (κ3) is 2.51. The predicted molar refractivity (Wildman–Crippen MR) is 57.9 cm³/mol. The van der Waals surface area contributed by atoms with Crippen molar-refractivity contribution < 1.29 is 9.84 Å². The lowest BCUT2D eigenvalue weighted by atomic mass is 10.1. The number of para-hydroxylation sites is 1. The topological polar surface area (TPSA) is 81.5 Å². The van der Waals surface area contributed by atoms with Crippen molar-refractivity contribution in [3.63, 3.8) is 0 Å². The van der Waals surface area contributed by atoms with Crippen molar-refractivity contribution in [3.05, 3.63) is 23.8 Å². The van der Waals surface area contributed by atoms with Crippen molar-refractivity contribution in [1.82, 2.24) is 0 Å². The van der Waals surface area contributed by atoms with Gasteiger partial charge in [-0.25, -0.2) is 0 Å². The predicted octanol–water partition coefficient (Wildman–Crippen LogP) is 0.781. The zero-order chi connectivity index (χ0) is 9.84. The number of hydrogen-bond acceptors (Lipinski definition) is 4. The highest BCUT2D eigenvalue weighted by Crippen LogP contribution is 2.31. The van der Waals surface area contributed by atoms with E-state index in [2.05, 4.69) is 0 Å². The molecule has 0 aromatic heterocycles. The molecular weight excluding hydrogens is 204 g/mol. The molecule has 5 heteroatoms. The van der Waals surface area contributed by atoms with Crippen LogP contribution in [0.3, 0.4) is 0 Å². The smallest absolute Gasteiger partial charge is 0.162 e. The summed E-state index contributed by atoms with van der Waals surface area (Å²) in [6, 6.07) is 4.82. The Kier molecular flexibility index (Phi) is 5.30. The second kappa shape index (κ2) is 5.70. The van der Waals surface area contributed by atoms with Crippen molar-refractivity contribution >= 4 is 12.4 Å². The maximum absolute atomic E-state index is 9.63. The number of aromatic hydroxyl groups is 1. The van der Waals surface area contributed by atoms with Crippen LogP contribution in [0.5, 0.6) is 11.5 Å². The largest absolute Gasteiger partial charge is 0.504 e. The van der Waals surface area contributed by atoms with Gasteiger partial charge in [0.15, 0.2) is 11.5 Å². The molecular formula is C9H15ClN2O2. The molecule has 0 spiro atoms. The van der Waals surface area contributed by atoms with Gasteiger partial charge in [-0.15, -0.1) is 12.4 Å². The Morgan fingerprint density at radius 3 is 2.64 bits per heavy atom. The van der Waals surface area contributed by atoms with Crippen molar-refractivity contribution in [3.8, 4) is 11.5 Å². The quantitative estimate of drug-likeness (QED) is 0.701. The molecule has 0 bridgehead atoms. The van der Waals surface area contributed by atoms with Crippen LogP contribution in [0.25, 0.3) is 0 Å². The molecule has 1 atom stereocenters. The Balaban J connectivity index is 0.00000169. The third-order valence-electron chi connectivity index (χ3n) is 1.90. The van der Waals surface area contributed by atoms with Crippen LogP contribution in [0.2, 0.25) is 0 Å². The van der Waals surface area contributed by atoms with E-state index in [1.165, 1.54) is 7.11 Å². The monoisotopic (exact) mass is 218 g/mol. The van der Waals surface area contributed by atoms with Gasteiger partial charge in [-0.1, -0.05) is 12.1 Å². The average Bonchev–Trinajstić information content (AvgIpc) is 2.17. The van der Waals surface area contributed by atoms with Gasteiger partial charge in [0.2, 0.25) is 0 Å². The number of halogens is 1. The minimum Gasteiger partial charge on any atom is -0.504 e. The maximum Gasteiger partial charge on any atom is 0.162 e. The van der Waals surface area contributed by atoms with Gasteiger partial charge < -0.3 is 21.3 Å². The lowest BCUT2D eigenvalue weighted by Gasteiger charge is -2.13. The molecule has 0 saturated carbocycles. The van der Waals surface area contributed by atoms with Crippen LogP contribution in [-0.2, 0) is 0 Å². The zero-order valence-corrected chi connectivity index (χ0v) is 8.75. The fourth-order valence-corrected chi connectivity index (χ4v) is 1.13. The molecule has 0 heterocycles. The maximum atomic E-state index is 9.63. The van der Waals surface area contributed by atoms with Gasteiger partial charge in [-0.3, -0.25) is 0 Å². The summed E-state index contributed by atoms with van der Waals surface area (Å²) in [6.07, 6.45) is 0. The molecule has 0 unspecified atom stereocenters. The van der Waals surface area contributed by atoms with Crippen molar-refractivity contribution in [1.29, 1.82) is 0 Å². The second-order valence-corrected chi connectivity index (χ2v) is 2.74. The van der Waals surface area contributed by atoms with E-state index < -0.39 is 0 Å². The zero-order valence-electron chi connectivity index (χ0n) is 7.93. The molecule has 0 fully saturated rings. The average molecular weight is 219 g/mol. The Morgan fingerprint density at radius 2 is 2.14 bits per heavy atom. The highest BCUT2D eigenvalue weighted by Gasteiger charge is 2.12. The summed E-state index contributed by atoms with van der Waals surface area (Å²) < 4.78 is 4.93. The number of phenols is 1. The van der Waals surface area contributed by atoms with Crippen LogP contribution in [0.1, 0.15) is 11.6 Å². The van der Waals surface area contributed by atoms with E-state index in [0.29, 0.717) is 17.9 Å². The van der Waals surface area contributed by atoms with Crippen molar-refractivity contribution in [2.45, 2.75) is 6.04 Å². The molecule has 0 aliphatic heterocycles. The SMILES string of the molecule is COc1cccc([C@@H](N)CN)c1O.Cl. The first-order valence-corrected chi connectivity index (χ1v) is 4.02. The lowest BCUT2D eigenvalue weighted by Crippen LogP contribution is -2.20. The Labute approximate surface area is 89.3 Å². The van der Waals surface area contributed by atoms with E-state index in [1.54, 1.807) is 18.2 Å². The second-order valence-electron chi connectivity index (χ2n) is 2.74. The Bertz CT molecular complexity index is 294. The first kappa shape index (κ1) is 13.0. The standard InChI is InChI=1S/C9H14N2O2.ClH/c1-13-8-4-2-3-6(9(8)12)7(11)5-10;/h2-4,7,12H,5,10-11H2,1H3;1H/t7-;/m0./s1. The number of phenolic OH excluding ortho intramolecular Hbond substituents is 1. The number of rotatable bonds is 3. The summed E-state index contributed by atoms with van der Waals surface area (Å²) in [7, 11) is 1.49. The van der Waals surface area contributed by atoms with Crippen LogP contribution < -0.4 is 16.2 Å².